The molecule has 0 aliphatic rings. The molecule has 0 heterocycles. The van der Waals surface area contributed by atoms with Crippen molar-refractivity contribution in [1.29, 1.82) is 0 Å². The summed E-state index contributed by atoms with van der Waals surface area (Å²) in [6, 6.07) is 26.0. The van der Waals surface area contributed by atoms with Crippen molar-refractivity contribution in [3.05, 3.63) is 95.0 Å². The number of rotatable bonds is 4. The minimum atomic E-state index is 0.322. The van der Waals surface area contributed by atoms with Gasteiger partial charge in [0.15, 0.2) is 0 Å². The van der Waals surface area contributed by atoms with Gasteiger partial charge in [0.25, 0.3) is 0 Å². The highest BCUT2D eigenvalue weighted by atomic mass is 35.5. The van der Waals surface area contributed by atoms with Crippen molar-refractivity contribution >= 4 is 11.6 Å². The second-order valence-corrected chi connectivity index (χ2v) is 5.69. The molecule has 0 N–H and O–H groups in total. The molecule has 3 aromatic carbocycles. The fourth-order valence-corrected chi connectivity index (χ4v) is 2.52. The van der Waals surface area contributed by atoms with Crippen LogP contribution in [-0.4, -0.2) is 0 Å². The first kappa shape index (κ1) is 14.7. The van der Waals surface area contributed by atoms with Crippen LogP contribution in [0.1, 0.15) is 24.0 Å². The van der Waals surface area contributed by atoms with Gasteiger partial charge >= 0.3 is 0 Å². The topological polar surface area (TPSA) is 9.23 Å². The van der Waals surface area contributed by atoms with Crippen molar-refractivity contribution in [2.24, 2.45) is 0 Å². The van der Waals surface area contributed by atoms with Crippen LogP contribution in [0.15, 0.2) is 78.9 Å². The van der Waals surface area contributed by atoms with Crippen molar-refractivity contribution in [1.82, 2.24) is 0 Å². The van der Waals surface area contributed by atoms with Crippen molar-refractivity contribution < 1.29 is 4.74 Å². The van der Waals surface area contributed by atoms with E-state index >= 15 is 0 Å². The van der Waals surface area contributed by atoms with Crippen LogP contribution < -0.4 is 4.74 Å². The van der Waals surface area contributed by atoms with Gasteiger partial charge in [-0.3, -0.25) is 0 Å². The third-order valence-electron chi connectivity index (χ3n) is 3.73. The van der Waals surface area contributed by atoms with E-state index in [-0.39, 0.29) is 0 Å². The number of hydrogen-bond donors (Lipinski definition) is 0. The first-order valence-electron chi connectivity index (χ1n) is 7.31. The summed E-state index contributed by atoms with van der Waals surface area (Å²) in [5.41, 5.74) is 2.50. The summed E-state index contributed by atoms with van der Waals surface area (Å²) in [7, 11) is 0. The molecule has 0 spiro atoms. The number of hydrogen-bond acceptors (Lipinski definition) is 1. The lowest BCUT2D eigenvalue weighted by atomic mass is 9.93. The summed E-state index contributed by atoms with van der Waals surface area (Å²) in [6.45, 7) is 2.19. The molecule has 0 saturated heterocycles. The molecular weight excluding hydrogens is 292 g/mol. The van der Waals surface area contributed by atoms with Gasteiger partial charge in [-0.25, -0.2) is 0 Å². The normalized spacial score (nSPS) is 11.9. The molecule has 0 aliphatic heterocycles. The molecule has 1 atom stereocenters. The van der Waals surface area contributed by atoms with Crippen LogP contribution in [0.25, 0.3) is 0 Å². The fraction of sp³-hybridized carbons (Fsp3) is 0.100. The zero-order chi connectivity index (χ0) is 15.4. The van der Waals surface area contributed by atoms with Gasteiger partial charge in [0.05, 0.1) is 0 Å². The van der Waals surface area contributed by atoms with E-state index in [0.29, 0.717) is 5.92 Å². The first-order chi connectivity index (χ1) is 10.7. The summed E-state index contributed by atoms with van der Waals surface area (Å²) in [5, 5.41) is 0.766. The molecule has 110 valence electrons. The average Bonchev–Trinajstić information content (AvgIpc) is 2.57. The van der Waals surface area contributed by atoms with E-state index in [4.69, 9.17) is 16.3 Å². The summed E-state index contributed by atoms with van der Waals surface area (Å²) in [6.07, 6.45) is 0. The van der Waals surface area contributed by atoms with Crippen LogP contribution >= 0.6 is 11.6 Å². The Bertz CT molecular complexity index is 718. The van der Waals surface area contributed by atoms with E-state index in [9.17, 15) is 0 Å². The summed E-state index contributed by atoms with van der Waals surface area (Å²) in [4.78, 5) is 0. The van der Waals surface area contributed by atoms with Crippen molar-refractivity contribution in [2.75, 3.05) is 0 Å². The Balaban J connectivity index is 1.75. The zero-order valence-corrected chi connectivity index (χ0v) is 13.1. The molecule has 0 radical (unpaired) electrons. The summed E-state index contributed by atoms with van der Waals surface area (Å²) < 4.78 is 5.82. The second kappa shape index (κ2) is 6.67. The lowest BCUT2D eigenvalue weighted by Gasteiger charge is -2.13. The van der Waals surface area contributed by atoms with Crippen LogP contribution in [-0.2, 0) is 0 Å². The van der Waals surface area contributed by atoms with Gasteiger partial charge in [-0.05, 0) is 47.5 Å². The lowest BCUT2D eigenvalue weighted by molar-refractivity contribution is 0.482. The van der Waals surface area contributed by atoms with E-state index in [1.54, 1.807) is 0 Å². The van der Waals surface area contributed by atoms with Crippen molar-refractivity contribution in [2.45, 2.75) is 12.8 Å². The Morgan fingerprint density at radius 2 is 1.18 bits per heavy atom. The lowest BCUT2D eigenvalue weighted by Crippen LogP contribution is -1.95. The minimum Gasteiger partial charge on any atom is -0.457 e. The molecule has 1 nitrogen and oxygen atoms in total. The maximum atomic E-state index is 5.94. The highest BCUT2D eigenvalue weighted by Crippen LogP contribution is 2.28. The predicted octanol–water partition coefficient (Wildman–Crippen LogP) is 6.28. The van der Waals surface area contributed by atoms with Crippen molar-refractivity contribution in [3.63, 3.8) is 0 Å². The van der Waals surface area contributed by atoms with E-state index in [1.807, 2.05) is 54.6 Å². The number of halogens is 1. The molecule has 2 heteroatoms. The Hall–Kier alpha value is -2.25. The number of benzene rings is 3. The minimum absolute atomic E-state index is 0.322. The zero-order valence-electron chi connectivity index (χ0n) is 12.4. The van der Waals surface area contributed by atoms with Crippen LogP contribution in [0, 0.1) is 0 Å². The Morgan fingerprint density at radius 3 is 1.77 bits per heavy atom. The quantitative estimate of drug-likeness (QED) is 0.551. The molecule has 0 aliphatic carbocycles. The molecule has 0 fully saturated rings. The molecule has 0 amide bonds. The van der Waals surface area contributed by atoms with Gasteiger partial charge in [0.2, 0.25) is 0 Å². The van der Waals surface area contributed by atoms with Crippen molar-refractivity contribution in [3.8, 4) is 11.5 Å². The van der Waals surface area contributed by atoms with Crippen LogP contribution in [0.4, 0.5) is 0 Å². The SMILES string of the molecule is CC(c1ccc(Cl)cc1)c1ccc(Oc2ccccc2)cc1. The highest BCUT2D eigenvalue weighted by molar-refractivity contribution is 6.30. The average molecular weight is 309 g/mol. The van der Waals surface area contributed by atoms with Crippen LogP contribution in [0.2, 0.25) is 5.02 Å². The van der Waals surface area contributed by atoms with Gasteiger partial charge in [0.1, 0.15) is 11.5 Å². The number of ether oxygens (including phenoxy) is 1. The first-order valence-corrected chi connectivity index (χ1v) is 7.68. The smallest absolute Gasteiger partial charge is 0.127 e. The summed E-state index contributed by atoms with van der Waals surface area (Å²) in [5.74, 6) is 2.02. The van der Waals surface area contributed by atoms with Crippen LogP contribution in [0.5, 0.6) is 11.5 Å². The standard InChI is InChI=1S/C20H17ClO/c1-15(16-7-11-18(21)12-8-16)17-9-13-20(14-10-17)22-19-5-3-2-4-6-19/h2-15H,1H3. The largest absolute Gasteiger partial charge is 0.457 e. The maximum absolute atomic E-state index is 5.94. The van der Waals surface area contributed by atoms with E-state index in [2.05, 4.69) is 31.2 Å². The van der Waals surface area contributed by atoms with Gasteiger partial charge in [-0.2, -0.15) is 0 Å². The van der Waals surface area contributed by atoms with E-state index in [0.717, 1.165) is 16.5 Å². The number of para-hydroxylation sites is 1. The van der Waals surface area contributed by atoms with Gasteiger partial charge in [-0.1, -0.05) is 61.0 Å². The van der Waals surface area contributed by atoms with Gasteiger partial charge < -0.3 is 4.74 Å². The van der Waals surface area contributed by atoms with Crippen LogP contribution in [0.3, 0.4) is 0 Å². The molecule has 1 unspecified atom stereocenters. The molecule has 0 aromatic heterocycles. The predicted molar refractivity (Wildman–Crippen MR) is 91.9 cm³/mol. The molecule has 0 bridgehead atoms. The van der Waals surface area contributed by atoms with Gasteiger partial charge in [0, 0.05) is 10.9 Å². The Labute approximate surface area is 136 Å². The fourth-order valence-electron chi connectivity index (χ4n) is 2.39. The molecule has 3 rings (SSSR count). The third-order valence-corrected chi connectivity index (χ3v) is 3.98. The highest BCUT2D eigenvalue weighted by Gasteiger charge is 2.08. The maximum Gasteiger partial charge on any atom is 0.127 e. The molecule has 0 saturated carbocycles. The third kappa shape index (κ3) is 3.49. The monoisotopic (exact) mass is 308 g/mol. The van der Waals surface area contributed by atoms with E-state index < -0.39 is 0 Å². The molecule has 3 aromatic rings. The Kier molecular flexibility index (Phi) is 4.45. The molecule has 22 heavy (non-hydrogen) atoms. The van der Waals surface area contributed by atoms with E-state index in [1.165, 1.54) is 11.1 Å². The second-order valence-electron chi connectivity index (χ2n) is 5.26. The Morgan fingerprint density at radius 1 is 0.682 bits per heavy atom. The van der Waals surface area contributed by atoms with Gasteiger partial charge in [-0.15, -0.1) is 0 Å². The summed E-state index contributed by atoms with van der Waals surface area (Å²) >= 11 is 5.94. The molecular formula is C20H17ClO.